The lowest BCUT2D eigenvalue weighted by Gasteiger charge is -2.03. The van der Waals surface area contributed by atoms with Crippen LogP contribution in [-0.2, 0) is 31.8 Å². The van der Waals surface area contributed by atoms with Gasteiger partial charge in [0.15, 0.2) is 0 Å². The zero-order valence-corrected chi connectivity index (χ0v) is 24.8. The number of benzene rings is 1. The summed E-state index contributed by atoms with van der Waals surface area (Å²) in [4.78, 5) is 8.26. The highest BCUT2D eigenvalue weighted by atomic mass is 32.1. The summed E-state index contributed by atoms with van der Waals surface area (Å²) in [7, 11) is 0. The zero-order chi connectivity index (χ0) is 26.0. The molecule has 0 bridgehead atoms. The summed E-state index contributed by atoms with van der Waals surface area (Å²) in [5.74, 6) is 0. The minimum Gasteiger partial charge on any atom is -0.379 e. The van der Waals surface area contributed by atoms with Gasteiger partial charge < -0.3 is 18.9 Å². The summed E-state index contributed by atoms with van der Waals surface area (Å²) in [5.41, 5.74) is 2.71. The molecule has 0 fully saturated rings. The molecule has 0 N–H and O–H groups in total. The van der Waals surface area contributed by atoms with Crippen molar-refractivity contribution in [2.24, 2.45) is 0 Å². The fourth-order valence-electron chi connectivity index (χ4n) is 4.28. The Labute approximate surface area is 233 Å². The van der Waals surface area contributed by atoms with Crippen LogP contribution in [0, 0.1) is 13.8 Å². The number of hydrogen-bond acceptors (Lipinski definition) is 7. The van der Waals surface area contributed by atoms with Gasteiger partial charge >= 0.3 is 0 Å². The van der Waals surface area contributed by atoms with Crippen LogP contribution < -0.4 is 0 Å². The van der Waals surface area contributed by atoms with Crippen molar-refractivity contribution in [3.8, 4) is 19.5 Å². The summed E-state index contributed by atoms with van der Waals surface area (Å²) in [6.45, 7) is 14.1. The third-order valence-electron chi connectivity index (χ3n) is 6.21. The molecular formula is C30H38O4S3. The smallest absolute Gasteiger partial charge is 0.0700 e. The first-order valence-electron chi connectivity index (χ1n) is 13.1. The molecule has 200 valence electrons. The van der Waals surface area contributed by atoms with Gasteiger partial charge in [0, 0.05) is 56.3 Å². The van der Waals surface area contributed by atoms with E-state index >= 15 is 0 Å². The quantitative estimate of drug-likeness (QED) is 0.130. The van der Waals surface area contributed by atoms with Crippen LogP contribution in [0.25, 0.3) is 30.3 Å². The summed E-state index contributed by atoms with van der Waals surface area (Å²) >= 11 is 5.74. The van der Waals surface area contributed by atoms with E-state index in [1.54, 1.807) is 0 Å². The van der Waals surface area contributed by atoms with E-state index in [-0.39, 0.29) is 0 Å². The number of fused-ring (bicyclic) bond motifs is 1. The average Bonchev–Trinajstić information content (AvgIpc) is 3.58. The SMILES string of the molecule is CCOCCOCCc1sc(-c2sc(-c3cc(C)c(CCOCCOCC)s3)c3ccccc23)cc1C. The third-order valence-corrected chi connectivity index (χ3v) is 10.4. The van der Waals surface area contributed by atoms with E-state index in [9.17, 15) is 0 Å². The molecule has 0 spiro atoms. The standard InChI is InChI=1S/C30H38O4S3/c1-5-31-15-17-33-13-11-25-21(3)19-27(35-25)29-23-9-7-8-10-24(23)30(37-29)28-20-22(4)26(36-28)12-14-34-18-16-32-6-2/h7-10,19-20H,5-6,11-18H2,1-4H3. The fourth-order valence-corrected chi connectivity index (χ4v) is 8.09. The molecule has 1 aromatic carbocycles. The van der Waals surface area contributed by atoms with Crippen LogP contribution in [0.15, 0.2) is 36.4 Å². The van der Waals surface area contributed by atoms with Crippen molar-refractivity contribution in [1.82, 2.24) is 0 Å². The van der Waals surface area contributed by atoms with Crippen molar-refractivity contribution < 1.29 is 18.9 Å². The van der Waals surface area contributed by atoms with Crippen LogP contribution >= 0.6 is 34.0 Å². The molecular weight excluding hydrogens is 521 g/mol. The molecule has 37 heavy (non-hydrogen) atoms. The monoisotopic (exact) mass is 558 g/mol. The van der Waals surface area contributed by atoms with E-state index in [4.69, 9.17) is 18.9 Å². The van der Waals surface area contributed by atoms with E-state index in [1.165, 1.54) is 51.2 Å². The Morgan fingerprint density at radius 3 is 1.43 bits per heavy atom. The first-order valence-corrected chi connectivity index (χ1v) is 15.6. The summed E-state index contributed by atoms with van der Waals surface area (Å²) in [6, 6.07) is 13.6. The zero-order valence-electron chi connectivity index (χ0n) is 22.4. The summed E-state index contributed by atoms with van der Waals surface area (Å²) < 4.78 is 22.3. The average molecular weight is 559 g/mol. The van der Waals surface area contributed by atoms with Gasteiger partial charge in [0.25, 0.3) is 0 Å². The van der Waals surface area contributed by atoms with Crippen LogP contribution in [0.3, 0.4) is 0 Å². The van der Waals surface area contributed by atoms with E-state index < -0.39 is 0 Å². The van der Waals surface area contributed by atoms with Crippen molar-refractivity contribution >= 4 is 44.8 Å². The Hall–Kier alpha value is -1.58. The molecule has 0 unspecified atom stereocenters. The Morgan fingerprint density at radius 2 is 1.00 bits per heavy atom. The van der Waals surface area contributed by atoms with Gasteiger partial charge in [0.1, 0.15) is 0 Å². The summed E-state index contributed by atoms with van der Waals surface area (Å²) in [5, 5.41) is 2.69. The highest BCUT2D eigenvalue weighted by molar-refractivity contribution is 7.28. The van der Waals surface area contributed by atoms with Crippen molar-refractivity contribution in [3.05, 3.63) is 57.3 Å². The van der Waals surface area contributed by atoms with Crippen LogP contribution in [0.4, 0.5) is 0 Å². The van der Waals surface area contributed by atoms with E-state index in [1.807, 2.05) is 47.9 Å². The first-order chi connectivity index (χ1) is 18.1. The summed E-state index contributed by atoms with van der Waals surface area (Å²) in [6.07, 6.45) is 1.89. The van der Waals surface area contributed by atoms with Crippen molar-refractivity contribution in [2.45, 2.75) is 40.5 Å². The van der Waals surface area contributed by atoms with Gasteiger partial charge in [-0.05, 0) is 51.0 Å². The van der Waals surface area contributed by atoms with Gasteiger partial charge in [-0.15, -0.1) is 34.0 Å². The van der Waals surface area contributed by atoms with Gasteiger partial charge in [-0.3, -0.25) is 0 Å². The highest BCUT2D eigenvalue weighted by Crippen LogP contribution is 2.48. The Morgan fingerprint density at radius 1 is 0.568 bits per heavy atom. The van der Waals surface area contributed by atoms with Gasteiger partial charge in [0.05, 0.1) is 49.4 Å². The van der Waals surface area contributed by atoms with Gasteiger partial charge in [-0.1, -0.05) is 24.3 Å². The highest BCUT2D eigenvalue weighted by Gasteiger charge is 2.19. The van der Waals surface area contributed by atoms with Gasteiger partial charge in [-0.25, -0.2) is 0 Å². The second kappa shape index (κ2) is 14.5. The first kappa shape index (κ1) is 28.4. The molecule has 0 atom stereocenters. The van der Waals surface area contributed by atoms with Crippen LogP contribution in [0.5, 0.6) is 0 Å². The maximum Gasteiger partial charge on any atom is 0.0700 e. The number of rotatable bonds is 16. The molecule has 0 aliphatic rings. The van der Waals surface area contributed by atoms with Gasteiger partial charge in [-0.2, -0.15) is 0 Å². The maximum absolute atomic E-state index is 5.78. The lowest BCUT2D eigenvalue weighted by molar-refractivity contribution is 0.0542. The molecule has 0 aliphatic heterocycles. The lowest BCUT2D eigenvalue weighted by Crippen LogP contribution is -2.06. The van der Waals surface area contributed by atoms with E-state index in [2.05, 4.69) is 50.2 Å². The molecule has 3 heterocycles. The molecule has 4 nitrogen and oxygen atoms in total. The minimum atomic E-state index is 0.658. The lowest BCUT2D eigenvalue weighted by atomic mass is 10.1. The normalized spacial score (nSPS) is 11.7. The topological polar surface area (TPSA) is 36.9 Å². The minimum absolute atomic E-state index is 0.658. The molecule has 0 aliphatic carbocycles. The molecule has 0 saturated heterocycles. The Balaban J connectivity index is 1.50. The molecule has 0 saturated carbocycles. The van der Waals surface area contributed by atoms with Crippen molar-refractivity contribution in [1.29, 1.82) is 0 Å². The number of ether oxygens (including phenoxy) is 4. The van der Waals surface area contributed by atoms with Crippen LogP contribution in [0.1, 0.15) is 34.7 Å². The van der Waals surface area contributed by atoms with Gasteiger partial charge in [0.2, 0.25) is 0 Å². The molecule has 0 radical (unpaired) electrons. The Bertz CT molecular complexity index is 1160. The molecule has 4 aromatic rings. The predicted octanol–water partition coefficient (Wildman–Crippen LogP) is 8.17. The number of thiophene rings is 3. The largest absolute Gasteiger partial charge is 0.379 e. The third kappa shape index (κ3) is 7.51. The van der Waals surface area contributed by atoms with Crippen LogP contribution in [-0.4, -0.2) is 52.9 Å². The molecule has 4 rings (SSSR count). The maximum atomic E-state index is 5.78. The van der Waals surface area contributed by atoms with Crippen LogP contribution in [0.2, 0.25) is 0 Å². The second-order valence-electron chi connectivity index (χ2n) is 8.86. The van der Waals surface area contributed by atoms with Crippen molar-refractivity contribution in [2.75, 3.05) is 52.9 Å². The second-order valence-corrected chi connectivity index (χ2v) is 12.2. The molecule has 3 aromatic heterocycles. The molecule has 7 heteroatoms. The predicted molar refractivity (Wildman–Crippen MR) is 160 cm³/mol. The van der Waals surface area contributed by atoms with E-state index in [0.717, 1.165) is 39.3 Å². The van der Waals surface area contributed by atoms with Crippen molar-refractivity contribution in [3.63, 3.8) is 0 Å². The fraction of sp³-hybridized carbons (Fsp3) is 0.467. The van der Waals surface area contributed by atoms with E-state index in [0.29, 0.717) is 26.4 Å². The molecule has 0 amide bonds. The number of aryl methyl sites for hydroxylation is 2. The Kier molecular flexibility index (Phi) is 11.2. The number of hydrogen-bond donors (Lipinski definition) is 0.